The minimum Gasteiger partial charge on any atom is -0.384 e. The molecule has 0 saturated heterocycles. The van der Waals surface area contributed by atoms with Crippen molar-refractivity contribution in [2.24, 2.45) is 11.7 Å². The second-order valence-electron chi connectivity index (χ2n) is 6.06. The Hall–Kier alpha value is -0.980. The molecule has 1 aliphatic carbocycles. The average molecular weight is 283 g/mol. The van der Waals surface area contributed by atoms with Crippen LogP contribution in [0.4, 0.5) is 0 Å². The molecule has 1 fully saturated rings. The normalized spacial score (nSPS) is 20.4. The Balaban J connectivity index is 1.88. The maximum Gasteiger partial charge on any atom is 0.227 e. The Morgan fingerprint density at radius 1 is 1.50 bits per heavy atom. The number of nitrogens with zero attached hydrogens (tertiary/aromatic N) is 2. The largest absolute Gasteiger partial charge is 0.384 e. The molecule has 1 aliphatic rings. The number of ether oxygens (including phenoxy) is 2. The van der Waals surface area contributed by atoms with Crippen molar-refractivity contribution >= 4 is 0 Å². The second-order valence-corrected chi connectivity index (χ2v) is 6.06. The van der Waals surface area contributed by atoms with Gasteiger partial charge in [0.25, 0.3) is 0 Å². The molecule has 2 N–H and O–H groups in total. The van der Waals surface area contributed by atoms with Crippen LogP contribution in [0.15, 0.2) is 4.52 Å². The molecule has 114 valence electrons. The number of hydrogen-bond donors (Lipinski definition) is 1. The summed E-state index contributed by atoms with van der Waals surface area (Å²) in [6.45, 7) is 5.04. The molecule has 20 heavy (non-hydrogen) atoms. The highest BCUT2D eigenvalue weighted by molar-refractivity contribution is 5.02. The van der Waals surface area contributed by atoms with Crippen LogP contribution in [-0.2, 0) is 21.4 Å². The van der Waals surface area contributed by atoms with E-state index in [4.69, 9.17) is 19.7 Å². The summed E-state index contributed by atoms with van der Waals surface area (Å²) in [5.41, 5.74) is 5.53. The van der Waals surface area contributed by atoms with Gasteiger partial charge in [-0.1, -0.05) is 12.1 Å². The van der Waals surface area contributed by atoms with Crippen molar-refractivity contribution in [1.82, 2.24) is 10.1 Å². The molecule has 1 aromatic heterocycles. The van der Waals surface area contributed by atoms with E-state index in [1.165, 1.54) is 6.42 Å². The van der Waals surface area contributed by atoms with Gasteiger partial charge < -0.3 is 19.7 Å². The minimum atomic E-state index is -0.707. The van der Waals surface area contributed by atoms with Gasteiger partial charge in [-0.2, -0.15) is 4.98 Å². The van der Waals surface area contributed by atoms with Gasteiger partial charge in [-0.15, -0.1) is 0 Å². The smallest absolute Gasteiger partial charge is 0.227 e. The number of hydrogen-bond acceptors (Lipinski definition) is 6. The van der Waals surface area contributed by atoms with E-state index in [0.29, 0.717) is 43.4 Å². The lowest BCUT2D eigenvalue weighted by Crippen LogP contribution is -2.41. The van der Waals surface area contributed by atoms with E-state index in [2.05, 4.69) is 17.1 Å². The maximum absolute atomic E-state index is 6.23. The van der Waals surface area contributed by atoms with Gasteiger partial charge in [-0.3, -0.25) is 0 Å². The van der Waals surface area contributed by atoms with Gasteiger partial charge in [0.2, 0.25) is 5.89 Å². The van der Waals surface area contributed by atoms with Crippen LogP contribution >= 0.6 is 0 Å². The van der Waals surface area contributed by atoms with E-state index < -0.39 is 5.54 Å². The lowest BCUT2D eigenvalue weighted by Gasteiger charge is -2.29. The Labute approximate surface area is 120 Å². The number of rotatable bonds is 8. The Morgan fingerprint density at radius 2 is 2.25 bits per heavy atom. The van der Waals surface area contributed by atoms with Gasteiger partial charge >= 0.3 is 0 Å². The van der Waals surface area contributed by atoms with Crippen LogP contribution in [0.25, 0.3) is 0 Å². The maximum atomic E-state index is 6.23. The molecule has 6 nitrogen and oxygen atoms in total. The molecule has 1 heterocycles. The molecule has 0 aliphatic heterocycles. The lowest BCUT2D eigenvalue weighted by molar-refractivity contribution is -0.0222. The van der Waals surface area contributed by atoms with Crippen LogP contribution in [0.5, 0.6) is 0 Å². The SMILES string of the molecule is COCC(C)Cc1nc(C(C)(N)COC2CCC2)no1. The molecule has 2 atom stereocenters. The van der Waals surface area contributed by atoms with Gasteiger partial charge in [0.15, 0.2) is 5.82 Å². The fourth-order valence-electron chi connectivity index (χ4n) is 2.10. The van der Waals surface area contributed by atoms with Crippen molar-refractivity contribution in [3.05, 3.63) is 11.7 Å². The van der Waals surface area contributed by atoms with E-state index in [1.54, 1.807) is 7.11 Å². The first-order chi connectivity index (χ1) is 9.51. The van der Waals surface area contributed by atoms with Crippen LogP contribution in [-0.4, -0.2) is 36.6 Å². The zero-order valence-corrected chi connectivity index (χ0v) is 12.6. The molecule has 0 radical (unpaired) electrons. The summed E-state index contributed by atoms with van der Waals surface area (Å²) < 4.78 is 16.1. The third-order valence-corrected chi connectivity index (χ3v) is 3.62. The highest BCUT2D eigenvalue weighted by Gasteiger charge is 2.30. The first-order valence-corrected chi connectivity index (χ1v) is 7.23. The molecule has 1 saturated carbocycles. The van der Waals surface area contributed by atoms with Gasteiger partial charge in [0.1, 0.15) is 5.54 Å². The minimum absolute atomic E-state index is 0.337. The van der Waals surface area contributed by atoms with Crippen LogP contribution in [0.3, 0.4) is 0 Å². The highest BCUT2D eigenvalue weighted by Crippen LogP contribution is 2.24. The average Bonchev–Trinajstić information content (AvgIpc) is 2.76. The molecular weight excluding hydrogens is 258 g/mol. The molecule has 0 amide bonds. The summed E-state index contributed by atoms with van der Waals surface area (Å²) in [6.07, 6.45) is 4.55. The predicted octanol–water partition coefficient (Wildman–Crippen LogP) is 1.64. The number of methoxy groups -OCH3 is 1. The van der Waals surface area contributed by atoms with Crippen molar-refractivity contribution in [2.75, 3.05) is 20.3 Å². The summed E-state index contributed by atoms with van der Waals surface area (Å²) in [4.78, 5) is 4.39. The topological polar surface area (TPSA) is 83.4 Å². The van der Waals surface area contributed by atoms with Crippen molar-refractivity contribution in [3.8, 4) is 0 Å². The zero-order chi connectivity index (χ0) is 14.6. The van der Waals surface area contributed by atoms with Gasteiger partial charge in [-0.05, 0) is 32.1 Å². The van der Waals surface area contributed by atoms with Crippen molar-refractivity contribution in [3.63, 3.8) is 0 Å². The molecule has 2 unspecified atom stereocenters. The summed E-state index contributed by atoms with van der Waals surface area (Å²) in [6, 6.07) is 0. The van der Waals surface area contributed by atoms with Gasteiger partial charge in [0.05, 0.1) is 12.7 Å². The van der Waals surface area contributed by atoms with Crippen molar-refractivity contribution < 1.29 is 14.0 Å². The van der Waals surface area contributed by atoms with E-state index in [1.807, 2.05) is 6.92 Å². The molecule has 0 bridgehead atoms. The van der Waals surface area contributed by atoms with E-state index in [0.717, 1.165) is 12.8 Å². The molecule has 6 heteroatoms. The molecule has 0 aromatic carbocycles. The van der Waals surface area contributed by atoms with Crippen LogP contribution < -0.4 is 5.73 Å². The highest BCUT2D eigenvalue weighted by atomic mass is 16.5. The van der Waals surface area contributed by atoms with Crippen LogP contribution in [0.2, 0.25) is 0 Å². The number of nitrogens with two attached hydrogens (primary N) is 1. The van der Waals surface area contributed by atoms with Crippen LogP contribution in [0.1, 0.15) is 44.8 Å². The van der Waals surface area contributed by atoms with Gasteiger partial charge in [0, 0.05) is 20.1 Å². The van der Waals surface area contributed by atoms with E-state index in [9.17, 15) is 0 Å². The lowest BCUT2D eigenvalue weighted by atomic mass is 9.95. The monoisotopic (exact) mass is 283 g/mol. The first kappa shape index (κ1) is 15.4. The second kappa shape index (κ2) is 6.65. The summed E-state index contributed by atoms with van der Waals surface area (Å²) in [7, 11) is 1.69. The third-order valence-electron chi connectivity index (χ3n) is 3.62. The Kier molecular flexibility index (Phi) is 5.12. The fraction of sp³-hybridized carbons (Fsp3) is 0.857. The summed E-state index contributed by atoms with van der Waals surface area (Å²) in [5.74, 6) is 1.45. The summed E-state index contributed by atoms with van der Waals surface area (Å²) >= 11 is 0. The Bertz CT molecular complexity index is 416. The molecule has 2 rings (SSSR count). The van der Waals surface area contributed by atoms with Crippen molar-refractivity contribution in [2.45, 2.75) is 51.2 Å². The number of aromatic nitrogens is 2. The fourth-order valence-corrected chi connectivity index (χ4v) is 2.10. The molecule has 0 spiro atoms. The predicted molar refractivity (Wildman–Crippen MR) is 74.2 cm³/mol. The molecular formula is C14H25N3O3. The Morgan fingerprint density at radius 3 is 2.85 bits per heavy atom. The quantitative estimate of drug-likeness (QED) is 0.781. The first-order valence-electron chi connectivity index (χ1n) is 7.23. The van der Waals surface area contributed by atoms with Crippen LogP contribution in [0, 0.1) is 5.92 Å². The standard InChI is InChI=1S/C14H25N3O3/c1-10(8-18-3)7-12-16-13(17-20-12)14(2,15)9-19-11-5-4-6-11/h10-11H,4-9,15H2,1-3H3. The van der Waals surface area contributed by atoms with Crippen molar-refractivity contribution in [1.29, 1.82) is 0 Å². The zero-order valence-electron chi connectivity index (χ0n) is 12.6. The molecule has 1 aromatic rings. The van der Waals surface area contributed by atoms with E-state index >= 15 is 0 Å². The third kappa shape index (κ3) is 4.01. The van der Waals surface area contributed by atoms with E-state index in [-0.39, 0.29) is 0 Å². The van der Waals surface area contributed by atoms with Gasteiger partial charge in [-0.25, -0.2) is 0 Å². The summed E-state index contributed by atoms with van der Waals surface area (Å²) in [5, 5.41) is 3.99.